The van der Waals surface area contributed by atoms with Crippen LogP contribution >= 0.6 is 11.6 Å². The van der Waals surface area contributed by atoms with Crippen molar-refractivity contribution >= 4 is 23.3 Å². The highest BCUT2D eigenvalue weighted by atomic mass is 35.5. The SMILES string of the molecule is Cc1cc(C(=N)N)cc(N(C)Cc2ccc(Cl)cc2)n1. The molecule has 104 valence electrons. The van der Waals surface area contributed by atoms with Crippen molar-refractivity contribution in [3.05, 3.63) is 58.2 Å². The zero-order valence-electron chi connectivity index (χ0n) is 11.5. The monoisotopic (exact) mass is 288 g/mol. The first kappa shape index (κ1) is 14.3. The number of aromatic nitrogens is 1. The first-order valence-electron chi connectivity index (χ1n) is 6.24. The maximum absolute atomic E-state index is 7.53. The van der Waals surface area contributed by atoms with Crippen molar-refractivity contribution in [2.24, 2.45) is 5.73 Å². The summed E-state index contributed by atoms with van der Waals surface area (Å²) in [7, 11) is 1.96. The Morgan fingerprint density at radius 1 is 1.30 bits per heavy atom. The Balaban J connectivity index is 2.22. The molecule has 0 amide bonds. The molecule has 1 aromatic carbocycles. The van der Waals surface area contributed by atoms with E-state index in [1.54, 1.807) is 0 Å². The van der Waals surface area contributed by atoms with Gasteiger partial charge in [0.2, 0.25) is 0 Å². The van der Waals surface area contributed by atoms with Gasteiger partial charge in [-0.25, -0.2) is 4.98 Å². The van der Waals surface area contributed by atoms with Crippen molar-refractivity contribution in [3.8, 4) is 0 Å². The Kier molecular flexibility index (Phi) is 4.25. The van der Waals surface area contributed by atoms with Crippen LogP contribution in [0, 0.1) is 12.3 Å². The van der Waals surface area contributed by atoms with Crippen molar-refractivity contribution in [2.75, 3.05) is 11.9 Å². The fraction of sp³-hybridized carbons (Fsp3) is 0.200. The lowest BCUT2D eigenvalue weighted by Crippen LogP contribution is -2.20. The van der Waals surface area contributed by atoms with Crippen LogP contribution in [0.15, 0.2) is 36.4 Å². The van der Waals surface area contributed by atoms with Crippen LogP contribution < -0.4 is 10.6 Å². The second kappa shape index (κ2) is 5.92. The molecule has 0 fully saturated rings. The number of halogens is 1. The van der Waals surface area contributed by atoms with Gasteiger partial charge < -0.3 is 10.6 Å². The number of aryl methyl sites for hydroxylation is 1. The lowest BCUT2D eigenvalue weighted by Gasteiger charge is -2.19. The van der Waals surface area contributed by atoms with Crippen molar-refractivity contribution in [1.29, 1.82) is 5.41 Å². The number of anilines is 1. The molecule has 0 aliphatic heterocycles. The van der Waals surface area contributed by atoms with Gasteiger partial charge in [-0.2, -0.15) is 0 Å². The standard InChI is InChI=1S/C15H17ClN4/c1-10-7-12(15(17)18)8-14(19-10)20(2)9-11-3-5-13(16)6-4-11/h3-8H,9H2,1-2H3,(H3,17,18). The molecule has 20 heavy (non-hydrogen) atoms. The Hall–Kier alpha value is -2.07. The van der Waals surface area contributed by atoms with E-state index >= 15 is 0 Å². The van der Waals surface area contributed by atoms with E-state index in [2.05, 4.69) is 4.98 Å². The van der Waals surface area contributed by atoms with Crippen LogP contribution in [-0.2, 0) is 6.54 Å². The minimum absolute atomic E-state index is 0.0524. The van der Waals surface area contributed by atoms with Crippen molar-refractivity contribution in [3.63, 3.8) is 0 Å². The summed E-state index contributed by atoms with van der Waals surface area (Å²) in [4.78, 5) is 6.49. The Labute approximate surface area is 123 Å². The molecule has 2 aromatic rings. The number of nitrogen functional groups attached to an aromatic ring is 1. The average molecular weight is 289 g/mol. The van der Waals surface area contributed by atoms with Crippen molar-refractivity contribution in [1.82, 2.24) is 4.98 Å². The van der Waals surface area contributed by atoms with E-state index in [4.69, 9.17) is 22.7 Å². The van der Waals surface area contributed by atoms with Gasteiger partial charge in [-0.3, -0.25) is 5.41 Å². The molecular formula is C15H17ClN4. The minimum Gasteiger partial charge on any atom is -0.384 e. The molecule has 0 bridgehead atoms. The fourth-order valence-corrected chi connectivity index (χ4v) is 2.07. The Morgan fingerprint density at radius 3 is 2.55 bits per heavy atom. The van der Waals surface area contributed by atoms with Gasteiger partial charge in [0.25, 0.3) is 0 Å². The number of amidine groups is 1. The second-order valence-electron chi connectivity index (χ2n) is 4.75. The quantitative estimate of drug-likeness (QED) is 0.671. The molecule has 0 unspecified atom stereocenters. The van der Waals surface area contributed by atoms with Gasteiger partial charge in [0, 0.05) is 29.9 Å². The van der Waals surface area contributed by atoms with Crippen LogP contribution in [0.1, 0.15) is 16.8 Å². The van der Waals surface area contributed by atoms with E-state index in [1.807, 2.05) is 55.3 Å². The highest BCUT2D eigenvalue weighted by Gasteiger charge is 2.07. The maximum atomic E-state index is 7.53. The number of nitrogens with two attached hydrogens (primary N) is 1. The number of hydrogen-bond acceptors (Lipinski definition) is 3. The molecule has 5 heteroatoms. The molecule has 0 saturated heterocycles. The molecule has 4 nitrogen and oxygen atoms in total. The van der Waals surface area contributed by atoms with Gasteiger partial charge in [0.15, 0.2) is 0 Å². The zero-order chi connectivity index (χ0) is 14.7. The maximum Gasteiger partial charge on any atom is 0.129 e. The van der Waals surface area contributed by atoms with Gasteiger partial charge in [-0.05, 0) is 36.8 Å². The molecule has 0 saturated carbocycles. The largest absolute Gasteiger partial charge is 0.384 e. The summed E-state index contributed by atoms with van der Waals surface area (Å²) >= 11 is 5.88. The highest BCUT2D eigenvalue weighted by molar-refractivity contribution is 6.30. The van der Waals surface area contributed by atoms with Crippen LogP contribution in [0.4, 0.5) is 5.82 Å². The first-order chi connectivity index (χ1) is 9.45. The van der Waals surface area contributed by atoms with Crippen LogP contribution in [0.25, 0.3) is 0 Å². The number of nitrogens with zero attached hydrogens (tertiary/aromatic N) is 2. The molecule has 3 N–H and O–H groups in total. The second-order valence-corrected chi connectivity index (χ2v) is 5.19. The van der Waals surface area contributed by atoms with Crippen molar-refractivity contribution in [2.45, 2.75) is 13.5 Å². The molecule has 0 radical (unpaired) electrons. The predicted molar refractivity (Wildman–Crippen MR) is 83.5 cm³/mol. The van der Waals surface area contributed by atoms with Gasteiger partial charge in [-0.15, -0.1) is 0 Å². The molecule has 0 aliphatic carbocycles. The normalized spacial score (nSPS) is 10.3. The summed E-state index contributed by atoms with van der Waals surface area (Å²) < 4.78 is 0. The first-order valence-corrected chi connectivity index (χ1v) is 6.62. The van der Waals surface area contributed by atoms with Crippen LogP contribution in [0.5, 0.6) is 0 Å². The van der Waals surface area contributed by atoms with Gasteiger partial charge >= 0.3 is 0 Å². The van der Waals surface area contributed by atoms with E-state index < -0.39 is 0 Å². The summed E-state index contributed by atoms with van der Waals surface area (Å²) in [5, 5.41) is 8.26. The average Bonchev–Trinajstić information content (AvgIpc) is 2.40. The molecular weight excluding hydrogens is 272 g/mol. The number of pyridine rings is 1. The molecule has 1 aromatic heterocycles. The fourth-order valence-electron chi connectivity index (χ4n) is 1.95. The number of hydrogen-bond donors (Lipinski definition) is 2. The van der Waals surface area contributed by atoms with E-state index in [0.29, 0.717) is 12.1 Å². The topological polar surface area (TPSA) is 66.0 Å². The number of nitrogens with one attached hydrogen (secondary N) is 1. The third-order valence-electron chi connectivity index (χ3n) is 2.97. The molecule has 2 rings (SSSR count). The summed E-state index contributed by atoms with van der Waals surface area (Å²) in [5.74, 6) is 0.849. The molecule has 1 heterocycles. The van der Waals surface area contributed by atoms with E-state index in [0.717, 1.165) is 22.1 Å². The smallest absolute Gasteiger partial charge is 0.129 e. The van der Waals surface area contributed by atoms with Crippen LogP contribution in [-0.4, -0.2) is 17.9 Å². The Morgan fingerprint density at radius 2 is 1.95 bits per heavy atom. The van der Waals surface area contributed by atoms with Crippen molar-refractivity contribution < 1.29 is 0 Å². The highest BCUT2D eigenvalue weighted by Crippen LogP contribution is 2.17. The number of rotatable bonds is 4. The zero-order valence-corrected chi connectivity index (χ0v) is 12.3. The lowest BCUT2D eigenvalue weighted by molar-refractivity contribution is 0.892. The van der Waals surface area contributed by atoms with E-state index in [9.17, 15) is 0 Å². The molecule has 0 aliphatic rings. The third-order valence-corrected chi connectivity index (χ3v) is 3.23. The summed E-state index contributed by atoms with van der Waals surface area (Å²) in [6, 6.07) is 11.3. The minimum atomic E-state index is 0.0524. The lowest BCUT2D eigenvalue weighted by atomic mass is 10.2. The summed E-state index contributed by atoms with van der Waals surface area (Å²) in [5.41, 5.74) is 8.22. The predicted octanol–water partition coefficient (Wildman–Crippen LogP) is 2.96. The van der Waals surface area contributed by atoms with E-state index in [-0.39, 0.29) is 5.84 Å². The van der Waals surface area contributed by atoms with Crippen LogP contribution in [0.3, 0.4) is 0 Å². The number of benzene rings is 1. The van der Waals surface area contributed by atoms with Gasteiger partial charge in [0.1, 0.15) is 11.7 Å². The molecule has 0 atom stereocenters. The third kappa shape index (κ3) is 3.48. The van der Waals surface area contributed by atoms with Gasteiger partial charge in [0.05, 0.1) is 0 Å². The van der Waals surface area contributed by atoms with Crippen LogP contribution in [0.2, 0.25) is 5.02 Å². The molecule has 0 spiro atoms. The van der Waals surface area contributed by atoms with E-state index in [1.165, 1.54) is 0 Å². The summed E-state index contributed by atoms with van der Waals surface area (Å²) in [6.45, 7) is 2.61. The van der Waals surface area contributed by atoms with Gasteiger partial charge in [-0.1, -0.05) is 23.7 Å². The Bertz CT molecular complexity index is 622. The summed E-state index contributed by atoms with van der Waals surface area (Å²) in [6.07, 6.45) is 0.